The Balaban J connectivity index is 1.36. The number of anilines is 1. The summed E-state index contributed by atoms with van der Waals surface area (Å²) in [6.45, 7) is 3.64. The summed E-state index contributed by atoms with van der Waals surface area (Å²) in [5, 5.41) is 14.9. The topological polar surface area (TPSA) is 127 Å². The summed E-state index contributed by atoms with van der Waals surface area (Å²) in [7, 11) is -3.29. The minimum absolute atomic E-state index is 0.00526. The van der Waals surface area contributed by atoms with Gasteiger partial charge in [-0.25, -0.2) is 17.7 Å². The molecule has 10 nitrogen and oxygen atoms in total. The highest BCUT2D eigenvalue weighted by Gasteiger charge is 2.40. The van der Waals surface area contributed by atoms with E-state index in [0.717, 1.165) is 6.42 Å². The minimum atomic E-state index is -3.29. The summed E-state index contributed by atoms with van der Waals surface area (Å²) in [5.41, 5.74) is -0.730. The molecule has 1 saturated carbocycles. The lowest BCUT2D eigenvalue weighted by molar-refractivity contribution is -0.0209. The third-order valence-corrected chi connectivity index (χ3v) is 9.50. The van der Waals surface area contributed by atoms with Crippen molar-refractivity contribution in [2.45, 2.75) is 56.7 Å². The summed E-state index contributed by atoms with van der Waals surface area (Å²) in [6, 6.07) is 1.19. The number of pyridine rings is 1. The molecule has 5 rings (SSSR count). The zero-order valence-corrected chi connectivity index (χ0v) is 20.6. The Morgan fingerprint density at radius 2 is 2.06 bits per heavy atom. The lowest BCUT2D eigenvalue weighted by atomic mass is 9.99. The second-order valence-corrected chi connectivity index (χ2v) is 12.1. The number of nitrogens with one attached hydrogen (secondary N) is 1. The van der Waals surface area contributed by atoms with E-state index in [0.29, 0.717) is 69.0 Å². The molecular formula is C24H31N5O5S. The van der Waals surface area contributed by atoms with Crippen molar-refractivity contribution in [3.05, 3.63) is 28.2 Å². The Bertz CT molecular complexity index is 1320. The maximum atomic E-state index is 13.2. The van der Waals surface area contributed by atoms with Gasteiger partial charge in [-0.05, 0) is 45.1 Å². The molecule has 0 amide bonds. The fourth-order valence-electron chi connectivity index (χ4n) is 5.37. The number of piperidine rings is 1. The first-order valence-electron chi connectivity index (χ1n) is 12.1. The highest BCUT2D eigenvalue weighted by Crippen LogP contribution is 2.39. The summed E-state index contributed by atoms with van der Waals surface area (Å²) in [4.78, 5) is 22.3. The molecule has 0 spiro atoms. The molecule has 2 N–H and O–H groups in total. The third kappa shape index (κ3) is 4.68. The number of sulfonamides is 1. The molecule has 35 heavy (non-hydrogen) atoms. The van der Waals surface area contributed by atoms with E-state index in [1.54, 1.807) is 23.5 Å². The van der Waals surface area contributed by atoms with Gasteiger partial charge in [0, 0.05) is 36.6 Å². The number of aromatic nitrogens is 3. The van der Waals surface area contributed by atoms with Crippen LogP contribution in [-0.4, -0.2) is 76.1 Å². The summed E-state index contributed by atoms with van der Waals surface area (Å²) >= 11 is 0. The summed E-state index contributed by atoms with van der Waals surface area (Å²) < 4.78 is 33.5. The third-order valence-electron chi connectivity index (χ3n) is 7.45. The zero-order valence-electron chi connectivity index (χ0n) is 19.8. The monoisotopic (exact) mass is 501 g/mol. The number of hydrogen-bond acceptors (Lipinski definition) is 8. The standard InChI is InChI=1S/C24H31N5O5S/c1-3-17-11-18-12-25-23(27-21(18)29(22(17)30)20-5-4-8-24(20,2)31)26-19-6-9-28(10-7-19)35(32,33)15-16-13-34-14-16/h1,11-12,16,19-20,31H,4-10,13-15H2,2H3,(H,25,26,27)/t20-,24-/m1/s1. The quantitative estimate of drug-likeness (QED) is 0.564. The molecule has 0 bridgehead atoms. The van der Waals surface area contributed by atoms with Gasteiger partial charge in [0.15, 0.2) is 0 Å². The molecule has 0 radical (unpaired) electrons. The lowest BCUT2D eigenvalue weighted by Crippen LogP contribution is -2.46. The molecule has 2 saturated heterocycles. The van der Waals surface area contributed by atoms with Gasteiger partial charge < -0.3 is 15.2 Å². The number of aliphatic hydroxyl groups is 1. The molecular weight excluding hydrogens is 470 g/mol. The van der Waals surface area contributed by atoms with E-state index in [9.17, 15) is 18.3 Å². The highest BCUT2D eigenvalue weighted by atomic mass is 32.2. The van der Waals surface area contributed by atoms with E-state index in [-0.39, 0.29) is 28.8 Å². The Labute approximate surface area is 204 Å². The van der Waals surface area contributed by atoms with E-state index in [4.69, 9.17) is 11.2 Å². The number of rotatable bonds is 6. The van der Waals surface area contributed by atoms with Crippen molar-refractivity contribution in [2.24, 2.45) is 5.92 Å². The van der Waals surface area contributed by atoms with Crippen LogP contribution >= 0.6 is 0 Å². The van der Waals surface area contributed by atoms with Crippen LogP contribution in [0.4, 0.5) is 5.95 Å². The van der Waals surface area contributed by atoms with Crippen LogP contribution in [0.3, 0.4) is 0 Å². The van der Waals surface area contributed by atoms with Gasteiger partial charge in [-0.3, -0.25) is 9.36 Å². The van der Waals surface area contributed by atoms with Crippen molar-refractivity contribution in [1.82, 2.24) is 18.8 Å². The van der Waals surface area contributed by atoms with Crippen molar-refractivity contribution >= 4 is 27.0 Å². The largest absolute Gasteiger partial charge is 0.388 e. The Hall–Kier alpha value is -2.52. The predicted molar refractivity (Wildman–Crippen MR) is 132 cm³/mol. The number of fused-ring (bicyclic) bond motifs is 1. The fourth-order valence-corrected chi connectivity index (χ4v) is 7.13. The summed E-state index contributed by atoms with van der Waals surface area (Å²) in [5.74, 6) is 3.05. The van der Waals surface area contributed by atoms with Crippen LogP contribution in [-0.2, 0) is 14.8 Å². The van der Waals surface area contributed by atoms with Crippen LogP contribution in [0, 0.1) is 18.3 Å². The number of nitrogens with zero attached hydrogens (tertiary/aromatic N) is 4. The highest BCUT2D eigenvalue weighted by molar-refractivity contribution is 7.89. The van der Waals surface area contributed by atoms with E-state index < -0.39 is 21.7 Å². The maximum absolute atomic E-state index is 13.2. The van der Waals surface area contributed by atoms with Crippen molar-refractivity contribution in [3.63, 3.8) is 0 Å². The molecule has 2 aliphatic heterocycles. The van der Waals surface area contributed by atoms with Crippen molar-refractivity contribution in [3.8, 4) is 12.3 Å². The van der Waals surface area contributed by atoms with Gasteiger partial charge in [-0.15, -0.1) is 6.42 Å². The van der Waals surface area contributed by atoms with Crippen LogP contribution in [0.2, 0.25) is 0 Å². The van der Waals surface area contributed by atoms with Crippen LogP contribution in [0.15, 0.2) is 17.1 Å². The van der Waals surface area contributed by atoms with Gasteiger partial charge >= 0.3 is 0 Å². The Morgan fingerprint density at radius 3 is 2.66 bits per heavy atom. The average Bonchev–Trinajstić information content (AvgIpc) is 3.15. The molecule has 0 unspecified atom stereocenters. The van der Waals surface area contributed by atoms with Crippen LogP contribution in [0.1, 0.15) is 50.6 Å². The number of hydrogen-bond donors (Lipinski definition) is 2. The molecule has 2 aromatic heterocycles. The smallest absolute Gasteiger partial charge is 0.268 e. The van der Waals surface area contributed by atoms with Gasteiger partial charge in [0.25, 0.3) is 5.56 Å². The Morgan fingerprint density at radius 1 is 1.31 bits per heavy atom. The SMILES string of the molecule is C#Cc1cc2cnc(NC3CCN(S(=O)(=O)CC4COC4)CC3)nc2n([C@@H]2CCC[C@@]2(C)O)c1=O. The first-order chi connectivity index (χ1) is 16.7. The second kappa shape index (κ2) is 9.17. The molecule has 2 atom stereocenters. The fraction of sp³-hybridized carbons (Fsp3) is 0.625. The van der Waals surface area contributed by atoms with Crippen molar-refractivity contribution < 1.29 is 18.3 Å². The summed E-state index contributed by atoms with van der Waals surface area (Å²) in [6.07, 6.45) is 10.5. The van der Waals surface area contributed by atoms with Crippen LogP contribution < -0.4 is 10.9 Å². The molecule has 1 aliphatic carbocycles. The van der Waals surface area contributed by atoms with E-state index >= 15 is 0 Å². The van der Waals surface area contributed by atoms with Crippen LogP contribution in [0.5, 0.6) is 0 Å². The zero-order chi connectivity index (χ0) is 24.8. The molecule has 0 aromatic carbocycles. The predicted octanol–water partition coefficient (Wildman–Crippen LogP) is 1.10. The van der Waals surface area contributed by atoms with Gasteiger partial charge in [-0.2, -0.15) is 4.98 Å². The van der Waals surface area contributed by atoms with Gasteiger partial charge in [0.1, 0.15) is 5.65 Å². The molecule has 4 heterocycles. The van der Waals surface area contributed by atoms with Gasteiger partial charge in [0.2, 0.25) is 16.0 Å². The first-order valence-corrected chi connectivity index (χ1v) is 13.7. The van der Waals surface area contributed by atoms with Gasteiger partial charge in [0.05, 0.1) is 36.2 Å². The number of ether oxygens (including phenoxy) is 1. The Kier molecular flexibility index (Phi) is 6.34. The van der Waals surface area contributed by atoms with E-state index in [1.807, 2.05) is 0 Å². The first kappa shape index (κ1) is 24.2. The van der Waals surface area contributed by atoms with Crippen molar-refractivity contribution in [1.29, 1.82) is 0 Å². The normalized spacial score (nSPS) is 26.5. The molecule has 188 valence electrons. The molecule has 3 aliphatic rings. The van der Waals surface area contributed by atoms with Gasteiger partial charge in [-0.1, -0.05) is 5.92 Å². The van der Waals surface area contributed by atoms with Crippen molar-refractivity contribution in [2.75, 3.05) is 37.4 Å². The van der Waals surface area contributed by atoms with E-state index in [1.165, 1.54) is 4.57 Å². The number of terminal acetylenes is 1. The molecule has 3 fully saturated rings. The maximum Gasteiger partial charge on any atom is 0.268 e. The second-order valence-electron chi connectivity index (χ2n) is 10.1. The van der Waals surface area contributed by atoms with E-state index in [2.05, 4.69) is 21.2 Å². The minimum Gasteiger partial charge on any atom is -0.388 e. The van der Waals surface area contributed by atoms with Crippen LogP contribution in [0.25, 0.3) is 11.0 Å². The lowest BCUT2D eigenvalue weighted by Gasteiger charge is -2.34. The molecule has 11 heteroatoms. The average molecular weight is 502 g/mol. The molecule has 2 aromatic rings.